The van der Waals surface area contributed by atoms with Gasteiger partial charge in [-0.2, -0.15) is 0 Å². The average molecular weight is 449 g/mol. The zero-order chi connectivity index (χ0) is 23.7. The van der Waals surface area contributed by atoms with Crippen molar-refractivity contribution in [1.82, 2.24) is 0 Å². The number of hydrogen-bond acceptors (Lipinski definition) is 9. The van der Waals surface area contributed by atoms with Crippen LogP contribution in [-0.2, 0) is 20.7 Å². The molecule has 0 aliphatic carbocycles. The zero-order valence-corrected chi connectivity index (χ0v) is 18.9. The summed E-state index contributed by atoms with van der Waals surface area (Å²) in [5.74, 6) is 1.26. The van der Waals surface area contributed by atoms with Gasteiger partial charge in [-0.1, -0.05) is 0 Å². The predicted molar refractivity (Wildman–Crippen MR) is 115 cm³/mol. The standard InChI is InChI=1S/C22H27NO9/c1-26-15-7-13(8-16(27-2)21(15)30-5)9-20(25)32-12-19(24)23-14-10-17(28-3)22(31-6)18(11-14)29-4/h7-8,10-11H,9,12H2,1-6H3,(H,23,24). The van der Waals surface area contributed by atoms with Crippen molar-refractivity contribution in [1.29, 1.82) is 0 Å². The number of hydrogen-bond donors (Lipinski definition) is 1. The zero-order valence-electron chi connectivity index (χ0n) is 18.9. The van der Waals surface area contributed by atoms with Gasteiger partial charge < -0.3 is 38.5 Å². The quantitative estimate of drug-likeness (QED) is 0.517. The lowest BCUT2D eigenvalue weighted by atomic mass is 10.1. The van der Waals surface area contributed by atoms with Crippen LogP contribution in [0, 0.1) is 0 Å². The smallest absolute Gasteiger partial charge is 0.310 e. The molecule has 0 aromatic heterocycles. The fourth-order valence-corrected chi connectivity index (χ4v) is 2.95. The Morgan fingerprint density at radius 3 is 1.53 bits per heavy atom. The van der Waals surface area contributed by atoms with Crippen LogP contribution in [0.1, 0.15) is 5.56 Å². The van der Waals surface area contributed by atoms with E-state index in [-0.39, 0.29) is 6.42 Å². The van der Waals surface area contributed by atoms with E-state index in [0.29, 0.717) is 45.7 Å². The fraction of sp³-hybridized carbons (Fsp3) is 0.364. The van der Waals surface area contributed by atoms with Crippen LogP contribution in [0.25, 0.3) is 0 Å². The first kappa shape index (κ1) is 24.4. The third-order valence-corrected chi connectivity index (χ3v) is 4.39. The maximum atomic E-state index is 12.2. The van der Waals surface area contributed by atoms with Crippen LogP contribution < -0.4 is 33.7 Å². The fourth-order valence-electron chi connectivity index (χ4n) is 2.95. The first-order valence-electron chi connectivity index (χ1n) is 9.45. The van der Waals surface area contributed by atoms with Crippen molar-refractivity contribution in [3.05, 3.63) is 29.8 Å². The maximum absolute atomic E-state index is 12.2. The van der Waals surface area contributed by atoms with Gasteiger partial charge in [0.2, 0.25) is 11.5 Å². The summed E-state index contributed by atoms with van der Waals surface area (Å²) in [6.07, 6.45) is -0.0891. The van der Waals surface area contributed by atoms with Gasteiger partial charge in [-0.25, -0.2) is 0 Å². The van der Waals surface area contributed by atoms with Gasteiger partial charge in [0.25, 0.3) is 5.91 Å². The molecule has 0 fully saturated rings. The molecule has 0 heterocycles. The maximum Gasteiger partial charge on any atom is 0.310 e. The second kappa shape index (κ2) is 11.5. The van der Waals surface area contributed by atoms with E-state index in [1.54, 1.807) is 24.3 Å². The summed E-state index contributed by atoms with van der Waals surface area (Å²) in [6, 6.07) is 6.41. The molecule has 2 aromatic rings. The van der Waals surface area contributed by atoms with E-state index >= 15 is 0 Å². The summed E-state index contributed by atoms with van der Waals surface area (Å²) < 4.78 is 36.6. The lowest BCUT2D eigenvalue weighted by Crippen LogP contribution is -2.21. The Bertz CT molecular complexity index is 831. The van der Waals surface area contributed by atoms with E-state index in [4.69, 9.17) is 33.2 Å². The number of amides is 1. The Morgan fingerprint density at radius 2 is 1.12 bits per heavy atom. The number of benzene rings is 2. The van der Waals surface area contributed by atoms with Crippen LogP contribution in [0.3, 0.4) is 0 Å². The lowest BCUT2D eigenvalue weighted by Gasteiger charge is -2.15. The van der Waals surface area contributed by atoms with Gasteiger partial charge in [-0.15, -0.1) is 0 Å². The second-order valence-corrected chi connectivity index (χ2v) is 6.33. The van der Waals surface area contributed by atoms with E-state index < -0.39 is 18.5 Å². The molecule has 0 aliphatic rings. The van der Waals surface area contributed by atoms with Crippen molar-refractivity contribution in [3.8, 4) is 34.5 Å². The molecule has 2 rings (SSSR count). The highest BCUT2D eigenvalue weighted by molar-refractivity contribution is 5.93. The molecule has 0 saturated carbocycles. The molecule has 0 unspecified atom stereocenters. The summed E-state index contributed by atoms with van der Waals surface area (Å²) in [5, 5.41) is 2.63. The van der Waals surface area contributed by atoms with Crippen LogP contribution in [0.4, 0.5) is 5.69 Å². The number of nitrogens with one attached hydrogen (secondary N) is 1. The first-order valence-corrected chi connectivity index (χ1v) is 9.45. The Kier molecular flexibility index (Phi) is 8.82. The predicted octanol–water partition coefficient (Wildman–Crippen LogP) is 2.46. The highest BCUT2D eigenvalue weighted by atomic mass is 16.5. The SMILES string of the molecule is COc1cc(CC(=O)OCC(=O)Nc2cc(OC)c(OC)c(OC)c2)cc(OC)c1OC. The van der Waals surface area contributed by atoms with Crippen molar-refractivity contribution in [2.45, 2.75) is 6.42 Å². The molecule has 10 nitrogen and oxygen atoms in total. The van der Waals surface area contributed by atoms with E-state index in [9.17, 15) is 9.59 Å². The third kappa shape index (κ3) is 5.87. The minimum Gasteiger partial charge on any atom is -0.493 e. The molecule has 0 bridgehead atoms. The Balaban J connectivity index is 2.01. The van der Waals surface area contributed by atoms with Crippen LogP contribution >= 0.6 is 0 Å². The van der Waals surface area contributed by atoms with E-state index in [1.165, 1.54) is 42.7 Å². The summed E-state index contributed by atoms with van der Waals surface area (Å²) in [7, 11) is 8.86. The van der Waals surface area contributed by atoms with Gasteiger partial charge in [0, 0.05) is 17.8 Å². The Hall–Kier alpha value is -3.82. The highest BCUT2D eigenvalue weighted by Gasteiger charge is 2.17. The molecule has 0 spiro atoms. The molecule has 1 N–H and O–H groups in total. The van der Waals surface area contributed by atoms with Crippen molar-refractivity contribution >= 4 is 17.6 Å². The minimum atomic E-state index is -0.598. The molecule has 32 heavy (non-hydrogen) atoms. The monoisotopic (exact) mass is 449 g/mol. The molecule has 0 atom stereocenters. The molecule has 174 valence electrons. The number of rotatable bonds is 11. The minimum absolute atomic E-state index is 0.0891. The topological polar surface area (TPSA) is 111 Å². The third-order valence-electron chi connectivity index (χ3n) is 4.39. The summed E-state index contributed by atoms with van der Waals surface area (Å²) in [5.41, 5.74) is 0.972. The molecule has 0 aliphatic heterocycles. The number of ether oxygens (including phenoxy) is 7. The summed E-state index contributed by atoms with van der Waals surface area (Å²) in [4.78, 5) is 24.5. The van der Waals surface area contributed by atoms with Crippen molar-refractivity contribution in [3.63, 3.8) is 0 Å². The van der Waals surface area contributed by atoms with Crippen molar-refractivity contribution < 1.29 is 42.7 Å². The number of carbonyl (C=O) groups is 2. The molecular formula is C22H27NO9. The van der Waals surface area contributed by atoms with Gasteiger partial charge >= 0.3 is 5.97 Å². The lowest BCUT2D eigenvalue weighted by molar-refractivity contribution is -0.146. The summed E-state index contributed by atoms with van der Waals surface area (Å²) in [6.45, 7) is -0.472. The van der Waals surface area contributed by atoms with Gasteiger partial charge in [-0.05, 0) is 17.7 Å². The second-order valence-electron chi connectivity index (χ2n) is 6.33. The van der Waals surface area contributed by atoms with Crippen LogP contribution in [0.2, 0.25) is 0 Å². The molecule has 0 saturated heterocycles. The number of carbonyl (C=O) groups excluding carboxylic acids is 2. The molecule has 2 aromatic carbocycles. The van der Waals surface area contributed by atoms with Gasteiger partial charge in [0.1, 0.15) is 0 Å². The van der Waals surface area contributed by atoms with E-state index in [0.717, 1.165) is 0 Å². The van der Waals surface area contributed by atoms with E-state index in [2.05, 4.69) is 5.32 Å². The Labute approximate surface area is 186 Å². The van der Waals surface area contributed by atoms with Crippen LogP contribution in [-0.4, -0.2) is 61.1 Å². The van der Waals surface area contributed by atoms with Gasteiger partial charge in [0.05, 0.1) is 49.1 Å². The van der Waals surface area contributed by atoms with Crippen molar-refractivity contribution in [2.75, 3.05) is 54.6 Å². The molecule has 0 radical (unpaired) electrons. The Morgan fingerprint density at radius 1 is 0.688 bits per heavy atom. The van der Waals surface area contributed by atoms with Crippen LogP contribution in [0.15, 0.2) is 24.3 Å². The molecule has 1 amide bonds. The number of esters is 1. The largest absolute Gasteiger partial charge is 0.493 e. The number of anilines is 1. The molecule has 10 heteroatoms. The van der Waals surface area contributed by atoms with E-state index in [1.807, 2.05) is 0 Å². The summed E-state index contributed by atoms with van der Waals surface area (Å²) >= 11 is 0. The number of methoxy groups -OCH3 is 6. The van der Waals surface area contributed by atoms with Gasteiger partial charge in [0.15, 0.2) is 29.6 Å². The average Bonchev–Trinajstić information content (AvgIpc) is 2.81. The van der Waals surface area contributed by atoms with Gasteiger partial charge in [-0.3, -0.25) is 9.59 Å². The molecular weight excluding hydrogens is 422 g/mol. The van der Waals surface area contributed by atoms with Crippen molar-refractivity contribution in [2.24, 2.45) is 0 Å². The van der Waals surface area contributed by atoms with Crippen LogP contribution in [0.5, 0.6) is 34.5 Å². The normalized spacial score (nSPS) is 10.1. The first-order chi connectivity index (χ1) is 15.4. The highest BCUT2D eigenvalue weighted by Crippen LogP contribution is 2.40.